The molecule has 0 heterocycles. The summed E-state index contributed by atoms with van der Waals surface area (Å²) in [6, 6.07) is -0.469. The standard InChI is InChI=1S/C12H21NO5/c1-12(2,3)18-11(16)13-8-5-7(6-9(8)14)10(15)17-4/h7-9,14H,5-6H2,1-4H3,(H,13,16)/t7?,8-,9-/m1/s1. The molecule has 1 unspecified atom stereocenters. The minimum Gasteiger partial charge on any atom is -0.469 e. The topological polar surface area (TPSA) is 84.9 Å². The van der Waals surface area contributed by atoms with Crippen molar-refractivity contribution in [1.29, 1.82) is 0 Å². The van der Waals surface area contributed by atoms with Crippen molar-refractivity contribution in [3.05, 3.63) is 0 Å². The number of alkyl carbamates (subject to hydrolysis) is 1. The van der Waals surface area contributed by atoms with Gasteiger partial charge in [0.2, 0.25) is 0 Å². The van der Waals surface area contributed by atoms with E-state index in [1.807, 2.05) is 0 Å². The number of aliphatic hydroxyl groups excluding tert-OH is 1. The molecule has 6 nitrogen and oxygen atoms in total. The molecule has 2 N–H and O–H groups in total. The van der Waals surface area contributed by atoms with Gasteiger partial charge in [-0.3, -0.25) is 4.79 Å². The number of methoxy groups -OCH3 is 1. The fourth-order valence-electron chi connectivity index (χ4n) is 1.99. The maximum atomic E-state index is 11.5. The Morgan fingerprint density at radius 1 is 1.28 bits per heavy atom. The summed E-state index contributed by atoms with van der Waals surface area (Å²) in [4.78, 5) is 22.9. The van der Waals surface area contributed by atoms with Gasteiger partial charge in [-0.05, 0) is 33.6 Å². The highest BCUT2D eigenvalue weighted by Gasteiger charge is 2.38. The predicted molar refractivity (Wildman–Crippen MR) is 63.9 cm³/mol. The average molecular weight is 259 g/mol. The summed E-state index contributed by atoms with van der Waals surface area (Å²) >= 11 is 0. The molecule has 104 valence electrons. The minimum atomic E-state index is -0.749. The number of rotatable bonds is 2. The van der Waals surface area contributed by atoms with Crippen molar-refractivity contribution < 1.29 is 24.2 Å². The quantitative estimate of drug-likeness (QED) is 0.717. The van der Waals surface area contributed by atoms with Gasteiger partial charge in [-0.2, -0.15) is 0 Å². The first-order chi connectivity index (χ1) is 8.23. The van der Waals surface area contributed by atoms with Crippen molar-refractivity contribution >= 4 is 12.1 Å². The van der Waals surface area contributed by atoms with E-state index in [9.17, 15) is 14.7 Å². The van der Waals surface area contributed by atoms with Gasteiger partial charge in [-0.15, -0.1) is 0 Å². The lowest BCUT2D eigenvalue weighted by Gasteiger charge is -2.22. The molecule has 1 fully saturated rings. The first-order valence-corrected chi connectivity index (χ1v) is 5.98. The highest BCUT2D eigenvalue weighted by molar-refractivity contribution is 5.73. The summed E-state index contributed by atoms with van der Waals surface area (Å²) in [7, 11) is 1.31. The van der Waals surface area contributed by atoms with Gasteiger partial charge in [-0.1, -0.05) is 0 Å². The Kier molecular flexibility index (Phi) is 4.56. The fourth-order valence-corrected chi connectivity index (χ4v) is 1.99. The molecule has 0 aromatic carbocycles. The normalized spacial score (nSPS) is 27.7. The Hall–Kier alpha value is -1.30. The van der Waals surface area contributed by atoms with E-state index in [1.54, 1.807) is 20.8 Å². The molecule has 0 radical (unpaired) electrons. The van der Waals surface area contributed by atoms with E-state index < -0.39 is 23.8 Å². The Balaban J connectivity index is 2.49. The highest BCUT2D eigenvalue weighted by Crippen LogP contribution is 2.27. The van der Waals surface area contributed by atoms with Crippen LogP contribution in [0.3, 0.4) is 0 Å². The molecule has 1 rings (SSSR count). The monoisotopic (exact) mass is 259 g/mol. The molecule has 18 heavy (non-hydrogen) atoms. The van der Waals surface area contributed by atoms with Gasteiger partial charge >= 0.3 is 12.1 Å². The largest absolute Gasteiger partial charge is 0.469 e. The van der Waals surface area contributed by atoms with E-state index in [1.165, 1.54) is 7.11 Å². The molecule has 0 spiro atoms. The van der Waals surface area contributed by atoms with Crippen molar-refractivity contribution in [3.8, 4) is 0 Å². The van der Waals surface area contributed by atoms with Crippen LogP contribution in [0, 0.1) is 5.92 Å². The van der Waals surface area contributed by atoms with Crippen LogP contribution in [-0.2, 0) is 14.3 Å². The maximum Gasteiger partial charge on any atom is 0.407 e. The SMILES string of the molecule is COC(=O)C1C[C@@H](O)[C@H](NC(=O)OC(C)(C)C)C1. The number of ether oxygens (including phenoxy) is 2. The molecular weight excluding hydrogens is 238 g/mol. The van der Waals surface area contributed by atoms with Gasteiger partial charge in [0.25, 0.3) is 0 Å². The summed E-state index contributed by atoms with van der Waals surface area (Å²) in [6.45, 7) is 5.28. The third-order valence-corrected chi connectivity index (χ3v) is 2.77. The third kappa shape index (κ3) is 4.18. The minimum absolute atomic E-state index is 0.299. The molecule has 0 saturated heterocycles. The number of esters is 1. The molecule has 0 bridgehead atoms. The van der Waals surface area contributed by atoms with Crippen molar-refractivity contribution in [2.75, 3.05) is 7.11 Å². The molecule has 0 aliphatic heterocycles. The van der Waals surface area contributed by atoms with Gasteiger partial charge in [0.05, 0.1) is 25.2 Å². The van der Waals surface area contributed by atoms with Crippen molar-refractivity contribution in [3.63, 3.8) is 0 Å². The Bertz CT molecular complexity index is 323. The number of aliphatic hydroxyl groups is 1. The Labute approximate surface area is 107 Å². The van der Waals surface area contributed by atoms with Crippen LogP contribution in [-0.4, -0.2) is 42.0 Å². The van der Waals surface area contributed by atoms with E-state index in [2.05, 4.69) is 10.1 Å². The molecule has 0 aromatic rings. The number of hydrogen-bond acceptors (Lipinski definition) is 5. The van der Waals surface area contributed by atoms with Crippen LogP contribution in [0.5, 0.6) is 0 Å². The Morgan fingerprint density at radius 2 is 1.89 bits per heavy atom. The first-order valence-electron chi connectivity index (χ1n) is 5.98. The average Bonchev–Trinajstić information content (AvgIpc) is 2.56. The van der Waals surface area contributed by atoms with E-state index >= 15 is 0 Å². The second kappa shape index (κ2) is 5.56. The van der Waals surface area contributed by atoms with Crippen LogP contribution >= 0.6 is 0 Å². The summed E-state index contributed by atoms with van der Waals surface area (Å²) in [5, 5.41) is 12.3. The second-order valence-corrected chi connectivity index (χ2v) is 5.51. The van der Waals surface area contributed by atoms with Crippen LogP contribution in [0.2, 0.25) is 0 Å². The van der Waals surface area contributed by atoms with Gasteiger partial charge in [-0.25, -0.2) is 4.79 Å². The molecular formula is C12H21NO5. The van der Waals surface area contributed by atoms with Gasteiger partial charge < -0.3 is 19.9 Å². The van der Waals surface area contributed by atoms with E-state index in [4.69, 9.17) is 4.74 Å². The smallest absolute Gasteiger partial charge is 0.407 e. The molecule has 1 aliphatic carbocycles. The van der Waals surface area contributed by atoms with Crippen molar-refractivity contribution in [2.24, 2.45) is 5.92 Å². The molecule has 0 aromatic heterocycles. The van der Waals surface area contributed by atoms with Gasteiger partial charge in [0.15, 0.2) is 0 Å². The lowest BCUT2D eigenvalue weighted by molar-refractivity contribution is -0.145. The molecule has 6 heteroatoms. The van der Waals surface area contributed by atoms with Crippen molar-refractivity contribution in [2.45, 2.75) is 51.4 Å². The molecule has 1 aliphatic rings. The highest BCUT2D eigenvalue weighted by atomic mass is 16.6. The maximum absolute atomic E-state index is 11.5. The summed E-state index contributed by atoms with van der Waals surface area (Å²) < 4.78 is 9.72. The van der Waals surface area contributed by atoms with Gasteiger partial charge in [0.1, 0.15) is 5.60 Å². The fraction of sp³-hybridized carbons (Fsp3) is 0.833. The van der Waals surface area contributed by atoms with Crippen molar-refractivity contribution in [1.82, 2.24) is 5.32 Å². The lowest BCUT2D eigenvalue weighted by Crippen LogP contribution is -2.42. The number of carbonyl (C=O) groups excluding carboxylic acids is 2. The van der Waals surface area contributed by atoms with E-state index in [0.29, 0.717) is 12.8 Å². The van der Waals surface area contributed by atoms with E-state index in [0.717, 1.165) is 0 Å². The molecule has 1 amide bonds. The second-order valence-electron chi connectivity index (χ2n) is 5.51. The van der Waals surface area contributed by atoms with Crippen LogP contribution in [0.1, 0.15) is 33.6 Å². The molecule has 3 atom stereocenters. The number of nitrogens with one attached hydrogen (secondary N) is 1. The van der Waals surface area contributed by atoms with Crippen LogP contribution < -0.4 is 5.32 Å². The van der Waals surface area contributed by atoms with Crippen LogP contribution in [0.4, 0.5) is 4.79 Å². The third-order valence-electron chi connectivity index (χ3n) is 2.77. The lowest BCUT2D eigenvalue weighted by atomic mass is 10.1. The summed E-state index contributed by atoms with van der Waals surface area (Å²) in [5.41, 5.74) is -0.588. The number of amides is 1. The Morgan fingerprint density at radius 3 is 2.39 bits per heavy atom. The zero-order chi connectivity index (χ0) is 13.9. The number of hydrogen-bond donors (Lipinski definition) is 2. The van der Waals surface area contributed by atoms with Crippen LogP contribution in [0.15, 0.2) is 0 Å². The zero-order valence-corrected chi connectivity index (χ0v) is 11.2. The summed E-state index contributed by atoms with van der Waals surface area (Å²) in [6.07, 6.45) is -0.668. The molecule has 1 saturated carbocycles. The zero-order valence-electron chi connectivity index (χ0n) is 11.2. The predicted octanol–water partition coefficient (Wildman–Crippen LogP) is 0.824. The van der Waals surface area contributed by atoms with Gasteiger partial charge in [0, 0.05) is 0 Å². The van der Waals surface area contributed by atoms with Crippen LogP contribution in [0.25, 0.3) is 0 Å². The number of carbonyl (C=O) groups is 2. The first kappa shape index (κ1) is 14.8. The summed E-state index contributed by atoms with van der Waals surface area (Å²) in [5.74, 6) is -0.729. The van der Waals surface area contributed by atoms with E-state index in [-0.39, 0.29) is 11.9 Å².